The van der Waals surface area contributed by atoms with Gasteiger partial charge in [0.1, 0.15) is 0 Å². The molecule has 0 saturated carbocycles. The van der Waals surface area contributed by atoms with Gasteiger partial charge in [-0.2, -0.15) is 0 Å². The van der Waals surface area contributed by atoms with Crippen molar-refractivity contribution in [1.82, 2.24) is 0 Å². The van der Waals surface area contributed by atoms with Crippen LogP contribution in [0.1, 0.15) is 78.1 Å². The summed E-state index contributed by atoms with van der Waals surface area (Å²) in [6.45, 7) is 4.22. The number of hydrogen-bond donors (Lipinski definition) is 0. The summed E-state index contributed by atoms with van der Waals surface area (Å²) < 4.78 is 4.89. The molecule has 0 rings (SSSR count). The van der Waals surface area contributed by atoms with Crippen molar-refractivity contribution < 1.29 is 9.53 Å². The second-order valence-electron chi connectivity index (χ2n) is 5.08. The van der Waals surface area contributed by atoms with E-state index in [9.17, 15) is 4.79 Å². The van der Waals surface area contributed by atoms with E-state index < -0.39 is 0 Å². The van der Waals surface area contributed by atoms with Gasteiger partial charge in [0, 0.05) is 13.3 Å². The van der Waals surface area contributed by atoms with Crippen LogP contribution in [-0.2, 0) is 9.53 Å². The lowest BCUT2D eigenvalue weighted by Gasteiger charge is -2.02. The Labute approximate surface area is 125 Å². The molecule has 20 heavy (non-hydrogen) atoms. The van der Waals surface area contributed by atoms with Gasteiger partial charge in [-0.15, -0.1) is 0 Å². The highest BCUT2D eigenvalue weighted by Gasteiger charge is 1.94. The van der Waals surface area contributed by atoms with Crippen molar-refractivity contribution in [3.63, 3.8) is 0 Å². The molecule has 0 heterocycles. The first-order valence-corrected chi connectivity index (χ1v) is 8.04. The Morgan fingerprint density at radius 1 is 1.05 bits per heavy atom. The van der Waals surface area contributed by atoms with Crippen LogP contribution >= 0.6 is 0 Å². The topological polar surface area (TPSA) is 26.3 Å². The van der Waals surface area contributed by atoms with Gasteiger partial charge in [-0.1, -0.05) is 63.4 Å². The SMILES string of the molecule is CCC/C=C\C#CCCCCCCCCCOC(C)=O. The molecule has 0 spiro atoms. The van der Waals surface area contributed by atoms with Gasteiger partial charge < -0.3 is 4.74 Å². The average Bonchev–Trinajstić information content (AvgIpc) is 2.43. The van der Waals surface area contributed by atoms with Crippen LogP contribution in [0.5, 0.6) is 0 Å². The molecule has 2 nitrogen and oxygen atoms in total. The highest BCUT2D eigenvalue weighted by molar-refractivity contribution is 5.65. The van der Waals surface area contributed by atoms with Crippen molar-refractivity contribution in [3.8, 4) is 11.8 Å². The first-order valence-electron chi connectivity index (χ1n) is 8.04. The van der Waals surface area contributed by atoms with Crippen molar-refractivity contribution in [1.29, 1.82) is 0 Å². The minimum absolute atomic E-state index is 0.171. The molecule has 0 aromatic heterocycles. The standard InChI is InChI=1S/C18H30O2/c1-3-4-5-6-7-8-9-10-11-12-13-14-15-16-17-20-18(2)19/h5-6H,3-4,9-17H2,1-2H3/b6-5-. The van der Waals surface area contributed by atoms with E-state index in [-0.39, 0.29) is 5.97 Å². The summed E-state index contributed by atoms with van der Waals surface area (Å²) in [5.41, 5.74) is 0. The second-order valence-corrected chi connectivity index (χ2v) is 5.08. The Hall–Kier alpha value is -1.23. The summed E-state index contributed by atoms with van der Waals surface area (Å²) in [6.07, 6.45) is 15.9. The number of rotatable bonds is 11. The normalized spacial score (nSPS) is 10.3. The number of carbonyl (C=O) groups excluding carboxylic acids is 1. The van der Waals surface area contributed by atoms with Crippen molar-refractivity contribution in [2.75, 3.05) is 6.61 Å². The molecule has 0 aromatic rings. The Morgan fingerprint density at radius 2 is 1.70 bits per heavy atom. The van der Waals surface area contributed by atoms with E-state index in [2.05, 4.69) is 24.8 Å². The summed E-state index contributed by atoms with van der Waals surface area (Å²) in [7, 11) is 0. The van der Waals surface area contributed by atoms with E-state index in [0.717, 1.165) is 25.7 Å². The number of unbranched alkanes of at least 4 members (excludes halogenated alkanes) is 8. The number of carbonyl (C=O) groups is 1. The maximum absolute atomic E-state index is 10.5. The molecule has 2 heteroatoms. The Balaban J connectivity index is 3.15. The molecule has 0 unspecified atom stereocenters. The molecule has 0 fully saturated rings. The van der Waals surface area contributed by atoms with Crippen LogP contribution in [0, 0.1) is 11.8 Å². The van der Waals surface area contributed by atoms with Crippen LogP contribution in [0.2, 0.25) is 0 Å². The zero-order valence-corrected chi connectivity index (χ0v) is 13.2. The van der Waals surface area contributed by atoms with Crippen molar-refractivity contribution in [2.45, 2.75) is 78.1 Å². The average molecular weight is 278 g/mol. The largest absolute Gasteiger partial charge is 0.466 e. The molecular weight excluding hydrogens is 248 g/mol. The van der Waals surface area contributed by atoms with Crippen LogP contribution in [-0.4, -0.2) is 12.6 Å². The lowest BCUT2D eigenvalue weighted by Crippen LogP contribution is -1.99. The van der Waals surface area contributed by atoms with Gasteiger partial charge in [-0.3, -0.25) is 4.79 Å². The molecule has 0 aromatic carbocycles. The summed E-state index contributed by atoms with van der Waals surface area (Å²) in [5.74, 6) is 6.10. The number of esters is 1. The maximum Gasteiger partial charge on any atom is 0.302 e. The molecule has 0 saturated heterocycles. The van der Waals surface area contributed by atoms with Crippen molar-refractivity contribution in [3.05, 3.63) is 12.2 Å². The van der Waals surface area contributed by atoms with Gasteiger partial charge in [0.15, 0.2) is 0 Å². The Kier molecular flexibility index (Phi) is 14.9. The lowest BCUT2D eigenvalue weighted by molar-refractivity contribution is -0.141. The molecule has 0 radical (unpaired) electrons. The van der Waals surface area contributed by atoms with E-state index in [4.69, 9.17) is 4.74 Å². The molecule has 0 aliphatic carbocycles. The minimum atomic E-state index is -0.171. The number of hydrogen-bond acceptors (Lipinski definition) is 2. The summed E-state index contributed by atoms with van der Waals surface area (Å²) in [6, 6.07) is 0. The summed E-state index contributed by atoms with van der Waals surface area (Å²) in [5, 5.41) is 0. The van der Waals surface area contributed by atoms with E-state index >= 15 is 0 Å². The molecule has 0 aliphatic heterocycles. The first kappa shape index (κ1) is 18.8. The third kappa shape index (κ3) is 16.8. The fourth-order valence-corrected chi connectivity index (χ4v) is 1.86. The highest BCUT2D eigenvalue weighted by atomic mass is 16.5. The zero-order chi connectivity index (χ0) is 14.9. The molecule has 0 bridgehead atoms. The van der Waals surface area contributed by atoms with Gasteiger partial charge >= 0.3 is 5.97 Å². The molecular formula is C18H30O2. The first-order chi connectivity index (χ1) is 9.77. The fraction of sp³-hybridized carbons (Fsp3) is 0.722. The van der Waals surface area contributed by atoms with Crippen LogP contribution in [0.4, 0.5) is 0 Å². The van der Waals surface area contributed by atoms with E-state index in [0.29, 0.717) is 6.61 Å². The molecule has 0 amide bonds. The second kappa shape index (κ2) is 15.8. The van der Waals surface area contributed by atoms with Crippen LogP contribution < -0.4 is 0 Å². The van der Waals surface area contributed by atoms with Crippen molar-refractivity contribution in [2.24, 2.45) is 0 Å². The molecule has 0 N–H and O–H groups in total. The minimum Gasteiger partial charge on any atom is -0.466 e. The van der Waals surface area contributed by atoms with Crippen LogP contribution in [0.15, 0.2) is 12.2 Å². The smallest absolute Gasteiger partial charge is 0.302 e. The van der Waals surface area contributed by atoms with E-state index in [1.54, 1.807) is 0 Å². The Morgan fingerprint density at radius 3 is 2.35 bits per heavy atom. The lowest BCUT2D eigenvalue weighted by atomic mass is 10.1. The monoisotopic (exact) mass is 278 g/mol. The Bertz CT molecular complexity index is 307. The zero-order valence-electron chi connectivity index (χ0n) is 13.2. The quantitative estimate of drug-likeness (QED) is 0.301. The van der Waals surface area contributed by atoms with Crippen LogP contribution in [0.25, 0.3) is 0 Å². The summed E-state index contributed by atoms with van der Waals surface area (Å²) in [4.78, 5) is 10.5. The predicted octanol–water partition coefficient (Wildman–Crippen LogP) is 5.03. The molecule has 114 valence electrons. The van der Waals surface area contributed by atoms with Crippen molar-refractivity contribution >= 4 is 5.97 Å². The molecule has 0 aliphatic rings. The van der Waals surface area contributed by atoms with Gasteiger partial charge in [0.25, 0.3) is 0 Å². The third-order valence-electron chi connectivity index (χ3n) is 3.01. The number of allylic oxidation sites excluding steroid dienone is 2. The van der Waals surface area contributed by atoms with Crippen LogP contribution in [0.3, 0.4) is 0 Å². The van der Waals surface area contributed by atoms with Gasteiger partial charge in [0.05, 0.1) is 6.61 Å². The van der Waals surface area contributed by atoms with Gasteiger partial charge in [0.2, 0.25) is 0 Å². The number of ether oxygens (including phenoxy) is 1. The van der Waals surface area contributed by atoms with Gasteiger partial charge in [-0.25, -0.2) is 0 Å². The van der Waals surface area contributed by atoms with E-state index in [1.807, 2.05) is 6.08 Å². The highest BCUT2D eigenvalue weighted by Crippen LogP contribution is 2.08. The third-order valence-corrected chi connectivity index (χ3v) is 3.01. The van der Waals surface area contributed by atoms with E-state index in [1.165, 1.54) is 45.4 Å². The summed E-state index contributed by atoms with van der Waals surface area (Å²) >= 11 is 0. The molecule has 0 atom stereocenters. The fourth-order valence-electron chi connectivity index (χ4n) is 1.86. The predicted molar refractivity (Wildman–Crippen MR) is 85.4 cm³/mol. The maximum atomic E-state index is 10.5. The van der Waals surface area contributed by atoms with Gasteiger partial charge in [-0.05, 0) is 25.3 Å².